The lowest BCUT2D eigenvalue weighted by molar-refractivity contribution is -0.671. The van der Waals surface area contributed by atoms with Crippen LogP contribution in [0.4, 0.5) is 0 Å². The van der Waals surface area contributed by atoms with Gasteiger partial charge in [0.15, 0.2) is 0 Å². The van der Waals surface area contributed by atoms with E-state index in [1.54, 1.807) is 0 Å². The molecule has 1 atom stereocenters. The Bertz CT molecular complexity index is 408. The van der Waals surface area contributed by atoms with E-state index in [-0.39, 0.29) is 0 Å². The SMILES string of the molecule is CCCCCCCCCCCCCCC[C@@H](C(C)C)n1cc[n+](C)c1. The van der Waals surface area contributed by atoms with Crippen molar-refractivity contribution in [3.63, 3.8) is 0 Å². The van der Waals surface area contributed by atoms with Gasteiger partial charge in [0.25, 0.3) is 0 Å². The van der Waals surface area contributed by atoms with Crippen LogP contribution in [0.25, 0.3) is 0 Å². The van der Waals surface area contributed by atoms with Crippen LogP contribution < -0.4 is 4.57 Å². The first-order chi connectivity index (χ1) is 12.1. The van der Waals surface area contributed by atoms with Crippen molar-refractivity contribution >= 4 is 0 Å². The van der Waals surface area contributed by atoms with E-state index in [2.05, 4.69) is 55.7 Å². The van der Waals surface area contributed by atoms with Crippen molar-refractivity contribution in [1.29, 1.82) is 0 Å². The summed E-state index contributed by atoms with van der Waals surface area (Å²) in [4.78, 5) is 0. The maximum Gasteiger partial charge on any atom is 0.243 e. The maximum absolute atomic E-state index is 2.41. The smallest absolute Gasteiger partial charge is 0.240 e. The summed E-state index contributed by atoms with van der Waals surface area (Å²) in [6.45, 7) is 7.00. The molecule has 0 N–H and O–H groups in total. The monoisotopic (exact) mass is 349 g/mol. The van der Waals surface area contributed by atoms with E-state index < -0.39 is 0 Å². The molecule has 0 spiro atoms. The highest BCUT2D eigenvalue weighted by Crippen LogP contribution is 2.24. The van der Waals surface area contributed by atoms with Crippen molar-refractivity contribution in [2.45, 2.75) is 117 Å². The molecule has 0 fully saturated rings. The number of rotatable bonds is 16. The number of nitrogens with zero attached hydrogens (tertiary/aromatic N) is 2. The van der Waals surface area contributed by atoms with Crippen LogP contribution >= 0.6 is 0 Å². The average Bonchev–Trinajstić information content (AvgIpc) is 3.01. The van der Waals surface area contributed by atoms with Crippen LogP contribution in [-0.2, 0) is 7.05 Å². The minimum Gasteiger partial charge on any atom is -0.240 e. The van der Waals surface area contributed by atoms with Crippen LogP contribution in [0.3, 0.4) is 0 Å². The van der Waals surface area contributed by atoms with Gasteiger partial charge in [-0.2, -0.15) is 0 Å². The van der Waals surface area contributed by atoms with E-state index in [4.69, 9.17) is 0 Å². The number of imidazole rings is 1. The van der Waals surface area contributed by atoms with Gasteiger partial charge in [0, 0.05) is 0 Å². The maximum atomic E-state index is 2.41. The van der Waals surface area contributed by atoms with Gasteiger partial charge in [-0.3, -0.25) is 0 Å². The average molecular weight is 350 g/mol. The third-order valence-electron chi connectivity index (χ3n) is 5.55. The van der Waals surface area contributed by atoms with E-state index in [9.17, 15) is 0 Å². The normalized spacial score (nSPS) is 12.8. The number of hydrogen-bond acceptors (Lipinski definition) is 0. The predicted molar refractivity (Wildman–Crippen MR) is 110 cm³/mol. The Morgan fingerprint density at radius 3 is 1.64 bits per heavy atom. The molecule has 0 radical (unpaired) electrons. The topological polar surface area (TPSA) is 8.81 Å². The highest BCUT2D eigenvalue weighted by atomic mass is 15.1. The molecular formula is C23H45N2+. The Kier molecular flexibility index (Phi) is 12.8. The largest absolute Gasteiger partial charge is 0.243 e. The van der Waals surface area contributed by atoms with E-state index in [1.165, 1.54) is 89.9 Å². The zero-order valence-electron chi connectivity index (χ0n) is 17.7. The first kappa shape index (κ1) is 22.3. The van der Waals surface area contributed by atoms with Gasteiger partial charge in [-0.05, 0) is 18.8 Å². The summed E-state index contributed by atoms with van der Waals surface area (Å²) in [5.41, 5.74) is 0. The van der Waals surface area contributed by atoms with Crippen molar-refractivity contribution in [2.75, 3.05) is 0 Å². The second kappa shape index (κ2) is 14.4. The van der Waals surface area contributed by atoms with Gasteiger partial charge >= 0.3 is 0 Å². The molecule has 0 saturated heterocycles. The molecule has 0 aliphatic heterocycles. The van der Waals surface area contributed by atoms with Gasteiger partial charge in [-0.25, -0.2) is 9.13 Å². The van der Waals surface area contributed by atoms with E-state index in [1.807, 2.05) is 0 Å². The summed E-state index contributed by atoms with van der Waals surface area (Å²) in [6, 6.07) is 0.661. The van der Waals surface area contributed by atoms with Crippen molar-refractivity contribution in [2.24, 2.45) is 13.0 Å². The standard InChI is InChI=1S/C23H45N2/c1-5-6-7-8-9-10-11-12-13-14-15-16-17-18-23(22(2)3)25-20-19-24(4)21-25/h19-23H,5-18H2,1-4H3/q+1/t23-/m0/s1. The van der Waals surface area contributed by atoms with Crippen LogP contribution in [0.15, 0.2) is 18.7 Å². The molecule has 1 heterocycles. The van der Waals surface area contributed by atoms with Crippen LogP contribution in [0.1, 0.15) is 117 Å². The minimum absolute atomic E-state index is 0.661. The lowest BCUT2D eigenvalue weighted by atomic mass is 9.97. The molecule has 1 aromatic rings. The zero-order chi connectivity index (χ0) is 18.3. The Hall–Kier alpha value is -0.790. The second-order valence-electron chi connectivity index (χ2n) is 8.37. The summed E-state index contributed by atoms with van der Waals surface area (Å²) in [6.07, 6.45) is 26.6. The fourth-order valence-electron chi connectivity index (χ4n) is 3.86. The van der Waals surface area contributed by atoms with Crippen LogP contribution in [0, 0.1) is 5.92 Å². The van der Waals surface area contributed by atoms with Gasteiger partial charge in [-0.15, -0.1) is 0 Å². The highest BCUT2D eigenvalue weighted by molar-refractivity contribution is 4.77. The number of unbranched alkanes of at least 4 members (excludes halogenated alkanes) is 12. The fraction of sp³-hybridized carbons (Fsp3) is 0.870. The number of aryl methyl sites for hydroxylation is 1. The van der Waals surface area contributed by atoms with Crippen molar-refractivity contribution < 1.29 is 4.57 Å². The summed E-state index contributed by atoms with van der Waals surface area (Å²) in [7, 11) is 2.11. The molecule has 146 valence electrons. The fourth-order valence-corrected chi connectivity index (χ4v) is 3.86. The first-order valence-electron chi connectivity index (χ1n) is 11.2. The lowest BCUT2D eigenvalue weighted by Gasteiger charge is -2.17. The van der Waals surface area contributed by atoms with Gasteiger partial charge in [0.1, 0.15) is 18.4 Å². The summed E-state index contributed by atoms with van der Waals surface area (Å²) in [5.74, 6) is 0.713. The molecule has 0 aliphatic carbocycles. The Labute approximate surface area is 158 Å². The minimum atomic E-state index is 0.661. The molecule has 0 bridgehead atoms. The molecule has 25 heavy (non-hydrogen) atoms. The molecule has 1 rings (SSSR count). The Morgan fingerprint density at radius 1 is 0.760 bits per heavy atom. The quantitative estimate of drug-likeness (QED) is 0.224. The van der Waals surface area contributed by atoms with Crippen molar-refractivity contribution in [3.05, 3.63) is 18.7 Å². The Morgan fingerprint density at radius 2 is 1.24 bits per heavy atom. The predicted octanol–water partition coefficient (Wildman–Crippen LogP) is 6.99. The molecule has 1 aromatic heterocycles. The van der Waals surface area contributed by atoms with Gasteiger partial charge in [-0.1, -0.05) is 97.8 Å². The lowest BCUT2D eigenvalue weighted by Crippen LogP contribution is -2.25. The van der Waals surface area contributed by atoms with Gasteiger partial charge in [0.05, 0.1) is 7.05 Å². The third-order valence-corrected chi connectivity index (χ3v) is 5.55. The van der Waals surface area contributed by atoms with E-state index in [0.29, 0.717) is 12.0 Å². The van der Waals surface area contributed by atoms with E-state index >= 15 is 0 Å². The summed E-state index contributed by atoms with van der Waals surface area (Å²) < 4.78 is 4.56. The molecule has 0 aromatic carbocycles. The van der Waals surface area contributed by atoms with Gasteiger partial charge in [0.2, 0.25) is 6.33 Å². The number of hydrogen-bond donors (Lipinski definition) is 0. The summed E-state index contributed by atoms with van der Waals surface area (Å²) >= 11 is 0. The number of aromatic nitrogens is 2. The third kappa shape index (κ3) is 10.7. The molecule has 0 aliphatic rings. The molecular weight excluding hydrogens is 304 g/mol. The van der Waals surface area contributed by atoms with Crippen LogP contribution in [0.2, 0.25) is 0 Å². The van der Waals surface area contributed by atoms with Gasteiger partial charge < -0.3 is 0 Å². The molecule has 2 heteroatoms. The first-order valence-corrected chi connectivity index (χ1v) is 11.2. The van der Waals surface area contributed by atoms with E-state index in [0.717, 1.165) is 0 Å². The van der Waals surface area contributed by atoms with Crippen molar-refractivity contribution in [1.82, 2.24) is 4.57 Å². The second-order valence-corrected chi connectivity index (χ2v) is 8.37. The van der Waals surface area contributed by atoms with Crippen molar-refractivity contribution in [3.8, 4) is 0 Å². The molecule has 2 nitrogen and oxygen atoms in total. The Balaban J connectivity index is 1.95. The zero-order valence-corrected chi connectivity index (χ0v) is 17.7. The van der Waals surface area contributed by atoms with Crippen LogP contribution in [0.5, 0.6) is 0 Å². The van der Waals surface area contributed by atoms with Crippen LogP contribution in [-0.4, -0.2) is 4.57 Å². The molecule has 0 amide bonds. The summed E-state index contributed by atoms with van der Waals surface area (Å²) in [5, 5.41) is 0. The molecule has 0 saturated carbocycles. The molecule has 0 unspecified atom stereocenters. The highest BCUT2D eigenvalue weighted by Gasteiger charge is 2.19.